The first-order valence-electron chi connectivity index (χ1n) is 13.0. The molecule has 3 N–H and O–H groups in total. The minimum Gasteiger partial charge on any atom is -0.392 e. The lowest BCUT2D eigenvalue weighted by Gasteiger charge is -2.36. The molecule has 0 radical (unpaired) electrons. The number of piperazine rings is 1. The van der Waals surface area contributed by atoms with Crippen LogP contribution in [0, 0.1) is 11.6 Å². The van der Waals surface area contributed by atoms with Crippen molar-refractivity contribution in [3.05, 3.63) is 85.1 Å². The van der Waals surface area contributed by atoms with Crippen LogP contribution in [0.3, 0.4) is 0 Å². The van der Waals surface area contributed by atoms with Crippen LogP contribution in [-0.4, -0.2) is 64.7 Å². The Labute approximate surface area is 231 Å². The average Bonchev–Trinajstić information content (AvgIpc) is 2.93. The van der Waals surface area contributed by atoms with E-state index in [1.807, 2.05) is 4.90 Å². The molecular weight excluding hydrogens is 514 g/mol. The number of hydrogen-bond acceptors (Lipinski definition) is 7. The number of aliphatic hydroxyl groups excluding tert-OH is 1. The van der Waals surface area contributed by atoms with E-state index in [1.165, 1.54) is 12.1 Å². The van der Waals surface area contributed by atoms with Gasteiger partial charge in [0.15, 0.2) is 0 Å². The van der Waals surface area contributed by atoms with E-state index in [0.717, 1.165) is 19.2 Å². The zero-order valence-electron chi connectivity index (χ0n) is 22.1. The van der Waals surface area contributed by atoms with Crippen molar-refractivity contribution in [3.63, 3.8) is 0 Å². The van der Waals surface area contributed by atoms with Gasteiger partial charge in [-0.1, -0.05) is 18.7 Å². The molecule has 1 aliphatic rings. The molecule has 0 bridgehead atoms. The van der Waals surface area contributed by atoms with Crippen molar-refractivity contribution in [2.75, 3.05) is 48.3 Å². The number of hydrogen-bond donors (Lipinski definition) is 3. The number of aromatic nitrogens is 2. The van der Waals surface area contributed by atoms with Crippen molar-refractivity contribution in [3.8, 4) is 11.1 Å². The van der Waals surface area contributed by atoms with Gasteiger partial charge in [-0.15, -0.1) is 0 Å². The maximum absolute atomic E-state index is 15.1. The molecule has 3 aromatic carbocycles. The quantitative estimate of drug-likeness (QED) is 0.271. The summed E-state index contributed by atoms with van der Waals surface area (Å²) in [6, 6.07) is 14.6. The molecule has 5 rings (SSSR count). The second kappa shape index (κ2) is 11.8. The second-order valence-corrected chi connectivity index (χ2v) is 9.76. The third kappa shape index (κ3) is 6.08. The van der Waals surface area contributed by atoms with Gasteiger partial charge in [0.1, 0.15) is 11.6 Å². The molecule has 0 spiro atoms. The summed E-state index contributed by atoms with van der Waals surface area (Å²) < 4.78 is 30.3. The van der Waals surface area contributed by atoms with Gasteiger partial charge in [0.2, 0.25) is 11.9 Å². The predicted molar refractivity (Wildman–Crippen MR) is 154 cm³/mol. The third-order valence-electron chi connectivity index (χ3n) is 6.75. The summed E-state index contributed by atoms with van der Waals surface area (Å²) >= 11 is 0. The van der Waals surface area contributed by atoms with Crippen LogP contribution in [-0.2, 0) is 4.79 Å². The Bertz CT molecular complexity index is 1550. The first-order chi connectivity index (χ1) is 19.3. The number of β-amino-alcohol motifs (C(OH)–C–C–N with tert-alkyl or cyclic N) is 1. The van der Waals surface area contributed by atoms with Crippen LogP contribution in [0.2, 0.25) is 0 Å². The summed E-state index contributed by atoms with van der Waals surface area (Å²) in [5, 5.41) is 15.9. The molecule has 1 aromatic heterocycles. The average molecular weight is 545 g/mol. The number of fused-ring (bicyclic) bond motifs is 1. The summed E-state index contributed by atoms with van der Waals surface area (Å²) in [7, 11) is 0. The normalized spacial score (nSPS) is 14.7. The molecule has 1 aliphatic heterocycles. The van der Waals surface area contributed by atoms with Crippen molar-refractivity contribution in [2.45, 2.75) is 13.0 Å². The summed E-state index contributed by atoms with van der Waals surface area (Å²) in [4.78, 5) is 24.8. The highest BCUT2D eigenvalue weighted by molar-refractivity contribution is 6.00. The fourth-order valence-corrected chi connectivity index (χ4v) is 4.87. The SMILES string of the molecule is C=CC(=O)Nc1cccc(-c2c(F)ccc3cnc(Nc4ccc(N5CCN(CC(C)O)CC5)c(F)c4)nc23)c1. The maximum atomic E-state index is 15.1. The van der Waals surface area contributed by atoms with Gasteiger partial charge >= 0.3 is 0 Å². The number of aliphatic hydroxyl groups is 1. The van der Waals surface area contributed by atoms with Crippen molar-refractivity contribution in [1.82, 2.24) is 14.9 Å². The van der Waals surface area contributed by atoms with Crippen LogP contribution in [0.15, 0.2) is 73.4 Å². The lowest BCUT2D eigenvalue weighted by Crippen LogP contribution is -2.48. The van der Waals surface area contributed by atoms with Crippen LogP contribution in [0.1, 0.15) is 6.92 Å². The molecule has 1 fully saturated rings. The first-order valence-corrected chi connectivity index (χ1v) is 13.0. The topological polar surface area (TPSA) is 93.6 Å². The van der Waals surface area contributed by atoms with Crippen LogP contribution in [0.25, 0.3) is 22.0 Å². The molecule has 1 atom stereocenters. The van der Waals surface area contributed by atoms with Crippen molar-refractivity contribution < 1.29 is 18.7 Å². The van der Waals surface area contributed by atoms with E-state index in [0.29, 0.717) is 53.2 Å². The van der Waals surface area contributed by atoms with Crippen LogP contribution < -0.4 is 15.5 Å². The monoisotopic (exact) mass is 544 g/mol. The van der Waals surface area contributed by atoms with Crippen LogP contribution in [0.5, 0.6) is 0 Å². The van der Waals surface area contributed by atoms with E-state index < -0.39 is 11.9 Å². The smallest absolute Gasteiger partial charge is 0.247 e. The number of benzene rings is 3. The number of amides is 1. The number of carbonyl (C=O) groups is 1. The number of carbonyl (C=O) groups excluding carboxylic acids is 1. The lowest BCUT2D eigenvalue weighted by atomic mass is 10.0. The standard InChI is InChI=1S/C30H30F2N6O2/c1-3-27(40)34-22-6-4-5-20(15-22)28-24(31)9-7-21-17-33-30(36-29(21)28)35-23-8-10-26(25(32)16-23)38-13-11-37(12-14-38)18-19(2)39/h3-10,15-17,19,39H,1,11-14,18H2,2H3,(H,34,40)(H,33,35,36). The van der Waals surface area contributed by atoms with Gasteiger partial charge in [-0.25, -0.2) is 18.7 Å². The van der Waals surface area contributed by atoms with Crippen LogP contribution >= 0.6 is 0 Å². The molecule has 1 unspecified atom stereocenters. The van der Waals surface area contributed by atoms with E-state index in [1.54, 1.807) is 55.6 Å². The molecule has 1 saturated heterocycles. The molecule has 2 heterocycles. The minimum absolute atomic E-state index is 0.189. The Kier molecular flexibility index (Phi) is 7.99. The Morgan fingerprint density at radius 1 is 1.07 bits per heavy atom. The van der Waals surface area contributed by atoms with Crippen molar-refractivity contribution in [1.29, 1.82) is 0 Å². The number of halogens is 2. The highest BCUT2D eigenvalue weighted by atomic mass is 19.1. The molecule has 10 heteroatoms. The molecule has 1 amide bonds. The maximum Gasteiger partial charge on any atom is 0.247 e. The van der Waals surface area contributed by atoms with Gasteiger partial charge in [0, 0.05) is 61.2 Å². The predicted octanol–water partition coefficient (Wildman–Crippen LogP) is 4.95. The summed E-state index contributed by atoms with van der Waals surface area (Å²) in [5.74, 6) is -1.04. The molecule has 4 aromatic rings. The summed E-state index contributed by atoms with van der Waals surface area (Å²) in [5.41, 5.74) is 2.62. The molecule has 8 nitrogen and oxygen atoms in total. The van der Waals surface area contributed by atoms with Gasteiger partial charge < -0.3 is 20.6 Å². The molecule has 0 aliphatic carbocycles. The molecule has 206 valence electrons. The Hall–Kier alpha value is -4.41. The number of rotatable bonds is 8. The van der Waals surface area contributed by atoms with E-state index in [9.17, 15) is 9.90 Å². The van der Waals surface area contributed by atoms with E-state index in [4.69, 9.17) is 0 Å². The highest BCUT2D eigenvalue weighted by Crippen LogP contribution is 2.33. The number of nitrogens with one attached hydrogen (secondary N) is 2. The molecular formula is C30H30F2N6O2. The Morgan fingerprint density at radius 2 is 1.88 bits per heavy atom. The van der Waals surface area contributed by atoms with Crippen molar-refractivity contribution >= 4 is 39.8 Å². The summed E-state index contributed by atoms with van der Waals surface area (Å²) in [6.07, 6.45) is 2.34. The number of anilines is 4. The van der Waals surface area contributed by atoms with Gasteiger partial charge in [-0.2, -0.15) is 0 Å². The zero-order chi connectivity index (χ0) is 28.2. The van der Waals surface area contributed by atoms with E-state index in [2.05, 4.69) is 32.1 Å². The Morgan fingerprint density at radius 3 is 2.60 bits per heavy atom. The fourth-order valence-electron chi connectivity index (χ4n) is 4.87. The second-order valence-electron chi connectivity index (χ2n) is 9.76. The van der Waals surface area contributed by atoms with Crippen molar-refractivity contribution in [2.24, 2.45) is 0 Å². The third-order valence-corrected chi connectivity index (χ3v) is 6.75. The van der Waals surface area contributed by atoms with Gasteiger partial charge in [-0.05, 0) is 61.0 Å². The summed E-state index contributed by atoms with van der Waals surface area (Å²) in [6.45, 7) is 8.64. The Balaban J connectivity index is 1.38. The van der Waals surface area contributed by atoms with Crippen LogP contribution in [0.4, 0.5) is 31.8 Å². The van der Waals surface area contributed by atoms with Gasteiger partial charge in [0.25, 0.3) is 0 Å². The minimum atomic E-state index is -0.478. The highest BCUT2D eigenvalue weighted by Gasteiger charge is 2.21. The number of nitrogens with zero attached hydrogens (tertiary/aromatic N) is 4. The fraction of sp³-hybridized carbons (Fsp3) is 0.233. The van der Waals surface area contributed by atoms with Gasteiger partial charge in [0.05, 0.1) is 17.3 Å². The zero-order valence-corrected chi connectivity index (χ0v) is 22.1. The largest absolute Gasteiger partial charge is 0.392 e. The molecule has 0 saturated carbocycles. The first kappa shape index (κ1) is 27.2. The van der Waals surface area contributed by atoms with E-state index in [-0.39, 0.29) is 23.2 Å². The van der Waals surface area contributed by atoms with Gasteiger partial charge in [-0.3, -0.25) is 9.69 Å². The molecule has 40 heavy (non-hydrogen) atoms. The lowest BCUT2D eigenvalue weighted by molar-refractivity contribution is -0.111. The van der Waals surface area contributed by atoms with E-state index >= 15 is 8.78 Å².